The molecule has 0 radical (unpaired) electrons. The number of amides is 1. The molecule has 0 aromatic heterocycles. The van der Waals surface area contributed by atoms with Crippen LogP contribution >= 0.6 is 0 Å². The number of esters is 1. The SMILES string of the molecule is Cc1cc(OC[C@H]2C[C@H](O[Si](c3ccccc3)(c3ccccc3)C(C)(C)C)CN2C(=O)OC(C)(C)C)c(C(=O)OCc2ccccc2)c2c1CCCO2. The standard InChI is InChI=1S/C44H53NO7Si/c1-31-26-38(39(40-37(31)24-17-25-48-40)41(46)50-29-32-18-11-8-12-19-32)49-30-33-27-34(28-45(33)42(47)51-43(2,3)4)52-53(44(5,6)7,35-20-13-9-14-21-35)36-22-15-10-16-23-36/h8-16,18-23,26,33-34H,17,24-25,27-30H2,1-7H3/t33-,34+/m1/s1. The van der Waals surface area contributed by atoms with Gasteiger partial charge in [-0.15, -0.1) is 0 Å². The Bertz CT molecular complexity index is 1830. The molecule has 1 saturated heterocycles. The minimum atomic E-state index is -2.92. The van der Waals surface area contributed by atoms with Crippen LogP contribution in [0.15, 0.2) is 97.1 Å². The first-order chi connectivity index (χ1) is 25.3. The third-order valence-corrected chi connectivity index (χ3v) is 15.1. The van der Waals surface area contributed by atoms with Gasteiger partial charge >= 0.3 is 12.1 Å². The monoisotopic (exact) mass is 735 g/mol. The van der Waals surface area contributed by atoms with E-state index in [1.165, 1.54) is 10.4 Å². The average Bonchev–Trinajstić information content (AvgIpc) is 3.55. The van der Waals surface area contributed by atoms with E-state index in [9.17, 15) is 9.59 Å². The van der Waals surface area contributed by atoms with Crippen molar-refractivity contribution in [1.82, 2.24) is 4.90 Å². The Morgan fingerprint density at radius 3 is 2.06 bits per heavy atom. The lowest BCUT2D eigenvalue weighted by molar-refractivity contribution is 0.0172. The second-order valence-electron chi connectivity index (χ2n) is 16.1. The summed E-state index contributed by atoms with van der Waals surface area (Å²) >= 11 is 0. The van der Waals surface area contributed by atoms with Crippen LogP contribution in [-0.2, 0) is 26.9 Å². The van der Waals surface area contributed by atoms with E-state index in [2.05, 4.69) is 69.3 Å². The molecule has 2 heterocycles. The summed E-state index contributed by atoms with van der Waals surface area (Å²) < 4.78 is 32.0. The number of hydrogen-bond donors (Lipinski definition) is 0. The third kappa shape index (κ3) is 8.47. The van der Waals surface area contributed by atoms with Crippen LogP contribution in [0, 0.1) is 6.92 Å². The zero-order valence-electron chi connectivity index (χ0n) is 32.1. The van der Waals surface area contributed by atoms with Crippen LogP contribution in [0.4, 0.5) is 4.79 Å². The summed E-state index contributed by atoms with van der Waals surface area (Å²) in [7, 11) is -2.92. The second-order valence-corrected chi connectivity index (χ2v) is 20.4. The molecule has 4 aromatic rings. The van der Waals surface area contributed by atoms with Crippen LogP contribution in [0.3, 0.4) is 0 Å². The highest BCUT2D eigenvalue weighted by molar-refractivity contribution is 6.99. The van der Waals surface area contributed by atoms with Crippen molar-refractivity contribution < 1.29 is 33.0 Å². The Balaban J connectivity index is 1.32. The smallest absolute Gasteiger partial charge is 0.410 e. The van der Waals surface area contributed by atoms with Gasteiger partial charge in [0.15, 0.2) is 0 Å². The highest BCUT2D eigenvalue weighted by Gasteiger charge is 2.53. The maximum Gasteiger partial charge on any atom is 0.410 e. The zero-order chi connectivity index (χ0) is 37.8. The first-order valence-corrected chi connectivity index (χ1v) is 20.6. The minimum Gasteiger partial charge on any atom is -0.492 e. The third-order valence-electron chi connectivity index (χ3n) is 10.0. The van der Waals surface area contributed by atoms with Gasteiger partial charge in [-0.2, -0.15) is 0 Å². The van der Waals surface area contributed by atoms with Gasteiger partial charge in [0.1, 0.15) is 35.9 Å². The van der Waals surface area contributed by atoms with Gasteiger partial charge in [-0.1, -0.05) is 112 Å². The van der Waals surface area contributed by atoms with E-state index in [0.29, 0.717) is 31.1 Å². The van der Waals surface area contributed by atoms with Crippen molar-refractivity contribution in [3.63, 3.8) is 0 Å². The highest BCUT2D eigenvalue weighted by atomic mass is 28.4. The molecule has 0 aliphatic carbocycles. The lowest BCUT2D eigenvalue weighted by Crippen LogP contribution is -2.67. The van der Waals surface area contributed by atoms with Crippen molar-refractivity contribution >= 4 is 30.8 Å². The summed E-state index contributed by atoms with van der Waals surface area (Å²) in [6, 6.07) is 32.1. The van der Waals surface area contributed by atoms with Crippen molar-refractivity contribution in [1.29, 1.82) is 0 Å². The quantitative estimate of drug-likeness (QED) is 0.121. The molecule has 2 aliphatic heterocycles. The molecule has 0 saturated carbocycles. The topological polar surface area (TPSA) is 83.5 Å². The molecule has 2 aliphatic rings. The Morgan fingerprint density at radius 1 is 0.868 bits per heavy atom. The first-order valence-electron chi connectivity index (χ1n) is 18.7. The van der Waals surface area contributed by atoms with Crippen molar-refractivity contribution in [3.05, 3.63) is 119 Å². The Kier molecular flexibility index (Phi) is 11.4. The van der Waals surface area contributed by atoms with Crippen LogP contribution in [0.5, 0.6) is 11.5 Å². The number of fused-ring (bicyclic) bond motifs is 1. The molecule has 1 amide bonds. The number of ether oxygens (including phenoxy) is 4. The summed E-state index contributed by atoms with van der Waals surface area (Å²) in [5, 5.41) is 2.10. The highest BCUT2D eigenvalue weighted by Crippen LogP contribution is 2.41. The fourth-order valence-electron chi connectivity index (χ4n) is 7.58. The number of nitrogens with zero attached hydrogens (tertiary/aromatic N) is 1. The maximum absolute atomic E-state index is 13.9. The number of hydrogen-bond acceptors (Lipinski definition) is 7. The van der Waals surface area contributed by atoms with Gasteiger partial charge in [-0.3, -0.25) is 4.90 Å². The fourth-order valence-corrected chi connectivity index (χ4v) is 12.3. The molecule has 9 heteroatoms. The van der Waals surface area contributed by atoms with E-state index in [1.807, 2.05) is 76.2 Å². The molecule has 0 spiro atoms. The second kappa shape index (κ2) is 15.8. The largest absolute Gasteiger partial charge is 0.492 e. The van der Waals surface area contributed by atoms with Crippen LogP contribution < -0.4 is 19.8 Å². The van der Waals surface area contributed by atoms with Gasteiger partial charge in [-0.25, -0.2) is 9.59 Å². The van der Waals surface area contributed by atoms with Crippen LogP contribution in [-0.4, -0.2) is 62.8 Å². The molecule has 0 bridgehead atoms. The van der Waals surface area contributed by atoms with E-state index in [0.717, 1.165) is 29.5 Å². The lowest BCUT2D eigenvalue weighted by Gasteiger charge is -2.44. The summed E-state index contributed by atoms with van der Waals surface area (Å²) in [6.45, 7) is 15.4. The molecule has 280 valence electrons. The van der Waals surface area contributed by atoms with E-state index < -0.39 is 32.0 Å². The van der Waals surface area contributed by atoms with E-state index in [4.69, 9.17) is 23.4 Å². The van der Waals surface area contributed by atoms with Crippen molar-refractivity contribution in [2.24, 2.45) is 0 Å². The summed E-state index contributed by atoms with van der Waals surface area (Å²) in [5.74, 6) is 0.389. The minimum absolute atomic E-state index is 0.122. The van der Waals surface area contributed by atoms with Gasteiger partial charge in [0.25, 0.3) is 8.32 Å². The maximum atomic E-state index is 13.9. The molecule has 6 rings (SSSR count). The first kappa shape index (κ1) is 38.1. The summed E-state index contributed by atoms with van der Waals surface area (Å²) in [5.41, 5.74) is 2.45. The summed E-state index contributed by atoms with van der Waals surface area (Å²) in [6.07, 6.45) is 1.47. The van der Waals surface area contributed by atoms with E-state index >= 15 is 0 Å². The van der Waals surface area contributed by atoms with Crippen molar-refractivity contribution in [2.45, 2.75) is 97.1 Å². The molecule has 1 fully saturated rings. The fraction of sp³-hybridized carbons (Fsp3) is 0.409. The van der Waals surface area contributed by atoms with E-state index in [1.54, 1.807) is 4.90 Å². The predicted octanol–water partition coefficient (Wildman–Crippen LogP) is 8.01. The van der Waals surface area contributed by atoms with Gasteiger partial charge in [0.2, 0.25) is 0 Å². The molecule has 8 nitrogen and oxygen atoms in total. The Labute approximate surface area is 315 Å². The van der Waals surface area contributed by atoms with Gasteiger partial charge < -0.3 is 23.4 Å². The molecule has 0 unspecified atom stereocenters. The molecular weight excluding hydrogens is 683 g/mol. The lowest BCUT2D eigenvalue weighted by atomic mass is 9.96. The Morgan fingerprint density at radius 2 is 1.47 bits per heavy atom. The molecule has 0 N–H and O–H groups in total. The normalized spacial score (nSPS) is 17.5. The van der Waals surface area contributed by atoms with Crippen LogP contribution in [0.1, 0.15) is 81.4 Å². The van der Waals surface area contributed by atoms with Crippen LogP contribution in [0.2, 0.25) is 5.04 Å². The van der Waals surface area contributed by atoms with Gasteiger partial charge in [-0.05, 0) is 85.1 Å². The number of carbonyl (C=O) groups excluding carboxylic acids is 2. The van der Waals surface area contributed by atoms with Gasteiger partial charge in [0.05, 0.1) is 18.8 Å². The number of benzene rings is 4. The number of carbonyl (C=O) groups is 2. The number of aryl methyl sites for hydroxylation is 1. The molecule has 53 heavy (non-hydrogen) atoms. The van der Waals surface area contributed by atoms with E-state index in [-0.39, 0.29) is 29.9 Å². The zero-order valence-corrected chi connectivity index (χ0v) is 33.1. The number of likely N-dealkylation sites (tertiary alicyclic amines) is 1. The van der Waals surface area contributed by atoms with Crippen molar-refractivity contribution in [3.8, 4) is 11.5 Å². The Hall–Kier alpha value is -4.60. The van der Waals surface area contributed by atoms with Gasteiger partial charge in [0, 0.05) is 6.54 Å². The molecule has 2 atom stereocenters. The number of rotatable bonds is 10. The average molecular weight is 736 g/mol. The predicted molar refractivity (Wildman–Crippen MR) is 210 cm³/mol. The molecular formula is C44H53NO7Si. The van der Waals surface area contributed by atoms with Crippen molar-refractivity contribution in [2.75, 3.05) is 19.8 Å². The molecule has 4 aromatic carbocycles. The van der Waals surface area contributed by atoms with Crippen LogP contribution in [0.25, 0.3) is 0 Å². The summed E-state index contributed by atoms with van der Waals surface area (Å²) in [4.78, 5) is 29.5.